The number of carbonyl (C=O) groups excluding carboxylic acids is 1. The Morgan fingerprint density at radius 2 is 2.50 bits per heavy atom. The first-order valence-corrected chi connectivity index (χ1v) is 7.02. The minimum absolute atomic E-state index is 0.128. The van der Waals surface area contributed by atoms with Gasteiger partial charge in [-0.25, -0.2) is 0 Å². The molecular formula is C11H11BrN2OS. The molecule has 0 spiro atoms. The molecule has 2 rings (SSSR count). The molecule has 1 fully saturated rings. The molecule has 2 heterocycles. The van der Waals surface area contributed by atoms with E-state index in [1.165, 1.54) is 11.3 Å². The second kappa shape index (κ2) is 4.56. The molecule has 84 valence electrons. The van der Waals surface area contributed by atoms with Crippen molar-refractivity contribution in [1.82, 2.24) is 0 Å². The lowest BCUT2D eigenvalue weighted by atomic mass is 10.2. The van der Waals surface area contributed by atoms with Gasteiger partial charge in [-0.2, -0.15) is 5.26 Å². The number of amides is 1. The molecule has 0 radical (unpaired) electrons. The number of hydrogen-bond acceptors (Lipinski definition) is 3. The molecule has 16 heavy (non-hydrogen) atoms. The van der Waals surface area contributed by atoms with Gasteiger partial charge in [0.05, 0.1) is 5.56 Å². The number of rotatable bonds is 2. The van der Waals surface area contributed by atoms with Crippen molar-refractivity contribution in [2.24, 2.45) is 5.92 Å². The lowest BCUT2D eigenvalue weighted by Gasteiger charge is -2.14. The standard InChI is InChI=1S/C11H11BrN2OS/c1-7-6-16-11(9(7)4-13)14-5-8(3-12)2-10(14)15/h6,8H,2-3,5H2,1H3. The number of halogens is 1. The molecule has 0 aromatic carbocycles. The first kappa shape index (κ1) is 11.6. The molecule has 0 bridgehead atoms. The van der Waals surface area contributed by atoms with E-state index in [-0.39, 0.29) is 5.91 Å². The first-order valence-electron chi connectivity index (χ1n) is 5.02. The minimum Gasteiger partial charge on any atom is -0.302 e. The van der Waals surface area contributed by atoms with Gasteiger partial charge in [0.15, 0.2) is 0 Å². The number of aryl methyl sites for hydroxylation is 1. The van der Waals surface area contributed by atoms with Crippen molar-refractivity contribution < 1.29 is 4.79 Å². The molecule has 1 saturated heterocycles. The van der Waals surface area contributed by atoms with Crippen LogP contribution >= 0.6 is 27.3 Å². The van der Waals surface area contributed by atoms with Crippen molar-refractivity contribution in [2.75, 3.05) is 16.8 Å². The van der Waals surface area contributed by atoms with Crippen LogP contribution in [0.3, 0.4) is 0 Å². The third-order valence-electron chi connectivity index (χ3n) is 2.74. The van der Waals surface area contributed by atoms with E-state index in [0.717, 1.165) is 22.4 Å². The van der Waals surface area contributed by atoms with E-state index >= 15 is 0 Å². The summed E-state index contributed by atoms with van der Waals surface area (Å²) in [5, 5.41) is 12.6. The highest BCUT2D eigenvalue weighted by molar-refractivity contribution is 9.09. The predicted molar refractivity (Wildman–Crippen MR) is 68.0 cm³/mol. The second-order valence-corrected chi connectivity index (χ2v) is 5.45. The number of anilines is 1. The van der Waals surface area contributed by atoms with Crippen molar-refractivity contribution in [3.8, 4) is 6.07 Å². The maximum atomic E-state index is 11.8. The largest absolute Gasteiger partial charge is 0.302 e. The van der Waals surface area contributed by atoms with E-state index in [1.807, 2.05) is 12.3 Å². The topological polar surface area (TPSA) is 44.1 Å². The maximum absolute atomic E-state index is 11.8. The van der Waals surface area contributed by atoms with Crippen LogP contribution in [0.4, 0.5) is 5.00 Å². The summed E-state index contributed by atoms with van der Waals surface area (Å²) in [6.45, 7) is 2.62. The monoisotopic (exact) mass is 298 g/mol. The van der Waals surface area contributed by atoms with Crippen LogP contribution in [0.1, 0.15) is 17.5 Å². The Hall–Kier alpha value is -0.860. The number of thiophene rings is 1. The summed E-state index contributed by atoms with van der Waals surface area (Å²) in [6.07, 6.45) is 0.576. The van der Waals surface area contributed by atoms with Crippen molar-refractivity contribution in [1.29, 1.82) is 5.26 Å². The van der Waals surface area contributed by atoms with Gasteiger partial charge < -0.3 is 4.90 Å². The number of alkyl halides is 1. The third-order valence-corrected chi connectivity index (χ3v) is 4.77. The Balaban J connectivity index is 2.32. The normalized spacial score (nSPS) is 20.2. The molecule has 1 aromatic heterocycles. The van der Waals surface area contributed by atoms with E-state index in [0.29, 0.717) is 17.9 Å². The van der Waals surface area contributed by atoms with Gasteiger partial charge in [-0.05, 0) is 23.8 Å². The average Bonchev–Trinajstić information content (AvgIpc) is 2.81. The Morgan fingerprint density at radius 1 is 1.75 bits per heavy atom. The van der Waals surface area contributed by atoms with Gasteiger partial charge in [0.1, 0.15) is 11.1 Å². The van der Waals surface area contributed by atoms with Gasteiger partial charge in [-0.1, -0.05) is 15.9 Å². The van der Waals surface area contributed by atoms with Crippen LogP contribution in [0.2, 0.25) is 0 Å². The molecule has 0 N–H and O–H groups in total. The lowest BCUT2D eigenvalue weighted by Crippen LogP contribution is -2.24. The molecule has 5 heteroatoms. The summed E-state index contributed by atoms with van der Waals surface area (Å²) in [4.78, 5) is 13.6. The number of carbonyl (C=O) groups is 1. The average molecular weight is 299 g/mol. The number of nitriles is 1. The van der Waals surface area contributed by atoms with Gasteiger partial charge in [-0.15, -0.1) is 11.3 Å². The number of nitrogens with zero attached hydrogens (tertiary/aromatic N) is 2. The molecule has 1 aromatic rings. The first-order chi connectivity index (χ1) is 7.67. The summed E-state index contributed by atoms with van der Waals surface area (Å²) < 4.78 is 0. The van der Waals surface area contributed by atoms with Crippen molar-refractivity contribution in [3.05, 3.63) is 16.5 Å². The van der Waals surface area contributed by atoms with E-state index in [9.17, 15) is 4.79 Å². The Bertz CT molecular complexity index is 463. The summed E-state index contributed by atoms with van der Waals surface area (Å²) in [7, 11) is 0. The fourth-order valence-corrected chi connectivity index (χ4v) is 3.31. The molecule has 0 saturated carbocycles. The fraction of sp³-hybridized carbons (Fsp3) is 0.455. The number of hydrogen-bond donors (Lipinski definition) is 0. The predicted octanol–water partition coefficient (Wildman–Crippen LogP) is 2.68. The zero-order valence-electron chi connectivity index (χ0n) is 8.86. The van der Waals surface area contributed by atoms with E-state index in [2.05, 4.69) is 22.0 Å². The second-order valence-electron chi connectivity index (χ2n) is 3.94. The van der Waals surface area contributed by atoms with E-state index < -0.39 is 0 Å². The van der Waals surface area contributed by atoms with Crippen LogP contribution in [0.15, 0.2) is 5.38 Å². The molecule has 1 amide bonds. The Kier molecular flexibility index (Phi) is 3.31. The lowest BCUT2D eigenvalue weighted by molar-refractivity contribution is -0.117. The molecule has 1 aliphatic rings. The molecule has 3 nitrogen and oxygen atoms in total. The molecule has 1 unspecified atom stereocenters. The highest BCUT2D eigenvalue weighted by Crippen LogP contribution is 2.35. The van der Waals surface area contributed by atoms with Gasteiger partial charge in [0, 0.05) is 18.3 Å². The van der Waals surface area contributed by atoms with Crippen LogP contribution in [0.5, 0.6) is 0 Å². The van der Waals surface area contributed by atoms with Crippen molar-refractivity contribution >= 4 is 38.2 Å². The van der Waals surface area contributed by atoms with E-state index in [4.69, 9.17) is 5.26 Å². The smallest absolute Gasteiger partial charge is 0.228 e. The minimum atomic E-state index is 0.128. The Morgan fingerprint density at radius 3 is 3.06 bits per heavy atom. The van der Waals surface area contributed by atoms with Gasteiger partial charge in [0.25, 0.3) is 0 Å². The summed E-state index contributed by atoms with van der Waals surface area (Å²) >= 11 is 4.89. The molecule has 1 aliphatic heterocycles. The molecule has 0 aliphatic carbocycles. The van der Waals surface area contributed by atoms with Crippen molar-refractivity contribution in [3.63, 3.8) is 0 Å². The third kappa shape index (κ3) is 1.87. The van der Waals surface area contributed by atoms with Gasteiger partial charge >= 0.3 is 0 Å². The summed E-state index contributed by atoms with van der Waals surface area (Å²) in [5.41, 5.74) is 1.60. The summed E-state index contributed by atoms with van der Waals surface area (Å²) in [5.74, 6) is 0.490. The molecule has 1 atom stereocenters. The van der Waals surface area contributed by atoms with Crippen LogP contribution in [-0.2, 0) is 4.79 Å². The zero-order valence-corrected chi connectivity index (χ0v) is 11.3. The van der Waals surface area contributed by atoms with Crippen LogP contribution < -0.4 is 4.90 Å². The highest BCUT2D eigenvalue weighted by Gasteiger charge is 2.32. The quantitative estimate of drug-likeness (QED) is 0.788. The van der Waals surface area contributed by atoms with Crippen LogP contribution in [-0.4, -0.2) is 17.8 Å². The van der Waals surface area contributed by atoms with Gasteiger partial charge in [-0.3, -0.25) is 4.79 Å². The highest BCUT2D eigenvalue weighted by atomic mass is 79.9. The van der Waals surface area contributed by atoms with E-state index in [1.54, 1.807) is 4.90 Å². The zero-order chi connectivity index (χ0) is 11.7. The van der Waals surface area contributed by atoms with Crippen LogP contribution in [0, 0.1) is 24.2 Å². The van der Waals surface area contributed by atoms with Crippen LogP contribution in [0.25, 0.3) is 0 Å². The SMILES string of the molecule is Cc1csc(N2CC(CBr)CC2=O)c1C#N. The fourth-order valence-electron chi connectivity index (χ4n) is 1.85. The maximum Gasteiger partial charge on any atom is 0.228 e. The molecular weight excluding hydrogens is 288 g/mol. The van der Waals surface area contributed by atoms with Gasteiger partial charge in [0.2, 0.25) is 5.91 Å². The summed E-state index contributed by atoms with van der Waals surface area (Å²) in [6, 6.07) is 2.18. The Labute approximate surface area is 107 Å². The van der Waals surface area contributed by atoms with Crippen molar-refractivity contribution in [2.45, 2.75) is 13.3 Å².